The Labute approximate surface area is 124 Å². The lowest BCUT2D eigenvalue weighted by atomic mass is 9.56. The van der Waals surface area contributed by atoms with Gasteiger partial charge in [0.2, 0.25) is 5.91 Å². The largest absolute Gasteiger partial charge is 0.378 e. The van der Waals surface area contributed by atoms with Crippen molar-refractivity contribution in [3.63, 3.8) is 0 Å². The Hall–Kier alpha value is -1.88. The number of amides is 2. The molecule has 1 aromatic carbocycles. The number of hydrogen-bond acceptors (Lipinski definition) is 3. The molecule has 0 spiro atoms. The Morgan fingerprint density at radius 3 is 2.14 bits per heavy atom. The summed E-state index contributed by atoms with van der Waals surface area (Å²) < 4.78 is 5.55. The van der Waals surface area contributed by atoms with Gasteiger partial charge in [0.1, 0.15) is 0 Å². The smallest absolute Gasteiger partial charge is 0.251 e. The average Bonchev–Trinajstić information content (AvgIpc) is 2.46. The van der Waals surface area contributed by atoms with Crippen molar-refractivity contribution in [3.8, 4) is 0 Å². The second-order valence-electron chi connectivity index (χ2n) is 6.33. The maximum Gasteiger partial charge on any atom is 0.251 e. The molecule has 5 heteroatoms. The molecule has 0 aliphatic heterocycles. The van der Waals surface area contributed by atoms with Crippen LogP contribution < -0.4 is 11.1 Å². The van der Waals surface area contributed by atoms with Crippen LogP contribution in [0.4, 0.5) is 0 Å². The van der Waals surface area contributed by atoms with Gasteiger partial charge >= 0.3 is 0 Å². The number of primary amides is 1. The maximum atomic E-state index is 12.2. The number of nitrogens with two attached hydrogens (primary N) is 1. The zero-order chi connectivity index (χ0) is 15.8. The number of carbonyl (C=O) groups is 2. The summed E-state index contributed by atoms with van der Waals surface area (Å²) in [6.07, 6.45) is 0.779. The summed E-state index contributed by atoms with van der Waals surface area (Å²) in [7, 11) is 1.70. The van der Waals surface area contributed by atoms with Gasteiger partial charge in [0.05, 0.1) is 5.60 Å². The van der Waals surface area contributed by atoms with Gasteiger partial charge in [0.15, 0.2) is 0 Å². The summed E-state index contributed by atoms with van der Waals surface area (Å²) in [4.78, 5) is 23.3. The first-order valence-electron chi connectivity index (χ1n) is 6.97. The van der Waals surface area contributed by atoms with Crippen molar-refractivity contribution in [2.24, 2.45) is 11.1 Å². The molecule has 1 aliphatic rings. The Kier molecular flexibility index (Phi) is 3.80. The molecular weight excluding hydrogens is 268 g/mol. The van der Waals surface area contributed by atoms with Gasteiger partial charge in [0.25, 0.3) is 5.91 Å². The molecule has 0 aromatic heterocycles. The minimum atomic E-state index is -0.502. The first kappa shape index (κ1) is 15.5. The van der Waals surface area contributed by atoms with Crippen LogP contribution in [0, 0.1) is 5.41 Å². The lowest BCUT2D eigenvalue weighted by molar-refractivity contribution is -0.177. The van der Waals surface area contributed by atoms with E-state index in [0.29, 0.717) is 11.1 Å². The maximum absolute atomic E-state index is 12.2. The standard InChI is InChI=1S/C16H22N2O3/c1-15(2)12(9-16(15,3)21-4)18-14(20)11-7-5-10(6-8-11)13(17)19/h5-8,12H,9H2,1-4H3,(H2,17,19)(H,18,20)/t12-,16-/m0/s1. The molecule has 1 fully saturated rings. The monoisotopic (exact) mass is 290 g/mol. The van der Waals surface area contributed by atoms with Crippen molar-refractivity contribution < 1.29 is 14.3 Å². The van der Waals surface area contributed by atoms with Gasteiger partial charge < -0.3 is 15.8 Å². The van der Waals surface area contributed by atoms with E-state index < -0.39 is 5.91 Å². The molecule has 3 N–H and O–H groups in total. The predicted octanol–water partition coefficient (Wildman–Crippen LogP) is 1.72. The third-order valence-corrected chi connectivity index (χ3v) is 5.02. The summed E-state index contributed by atoms with van der Waals surface area (Å²) in [6.45, 7) is 6.22. The number of ether oxygens (including phenoxy) is 1. The van der Waals surface area contributed by atoms with E-state index in [4.69, 9.17) is 10.5 Å². The molecule has 0 heterocycles. The van der Waals surface area contributed by atoms with Crippen molar-refractivity contribution in [1.29, 1.82) is 0 Å². The third-order valence-electron chi connectivity index (χ3n) is 5.02. The first-order chi connectivity index (χ1) is 9.71. The summed E-state index contributed by atoms with van der Waals surface area (Å²) in [5.74, 6) is -0.653. The van der Waals surface area contributed by atoms with Crippen LogP contribution in [0.5, 0.6) is 0 Å². The Morgan fingerprint density at radius 1 is 1.19 bits per heavy atom. The molecule has 1 saturated carbocycles. The van der Waals surface area contributed by atoms with Crippen molar-refractivity contribution in [2.75, 3.05) is 7.11 Å². The highest BCUT2D eigenvalue weighted by molar-refractivity contribution is 5.97. The number of carbonyl (C=O) groups excluding carboxylic acids is 2. The van der Waals surface area contributed by atoms with E-state index in [-0.39, 0.29) is 23.0 Å². The molecule has 2 rings (SSSR count). The number of hydrogen-bond donors (Lipinski definition) is 2. The first-order valence-corrected chi connectivity index (χ1v) is 6.97. The Morgan fingerprint density at radius 2 is 1.71 bits per heavy atom. The minimum absolute atomic E-state index is 0.0609. The molecule has 0 radical (unpaired) electrons. The van der Waals surface area contributed by atoms with E-state index in [1.807, 2.05) is 0 Å². The molecule has 114 valence electrons. The van der Waals surface area contributed by atoms with E-state index in [1.54, 1.807) is 31.4 Å². The Bertz CT molecular complexity index is 565. The van der Waals surface area contributed by atoms with Crippen LogP contribution in [0.3, 0.4) is 0 Å². The molecule has 0 saturated heterocycles. The zero-order valence-corrected chi connectivity index (χ0v) is 12.9. The summed E-state index contributed by atoms with van der Waals surface area (Å²) in [5, 5.41) is 3.03. The van der Waals surface area contributed by atoms with Crippen LogP contribution in [-0.4, -0.2) is 30.6 Å². The van der Waals surface area contributed by atoms with Gasteiger partial charge in [-0.05, 0) is 37.6 Å². The molecular formula is C16H22N2O3. The minimum Gasteiger partial charge on any atom is -0.378 e. The molecule has 21 heavy (non-hydrogen) atoms. The molecule has 2 amide bonds. The normalized spacial score (nSPS) is 26.8. The highest BCUT2D eigenvalue weighted by atomic mass is 16.5. The zero-order valence-electron chi connectivity index (χ0n) is 12.9. The SMILES string of the molecule is CO[C@@]1(C)C[C@H](NC(=O)c2ccc(C(N)=O)cc2)C1(C)C. The fourth-order valence-electron chi connectivity index (χ4n) is 2.75. The van der Waals surface area contributed by atoms with Crippen molar-refractivity contribution in [2.45, 2.75) is 38.8 Å². The van der Waals surface area contributed by atoms with Crippen LogP contribution in [0.2, 0.25) is 0 Å². The second kappa shape index (κ2) is 5.15. The second-order valence-corrected chi connectivity index (χ2v) is 6.33. The van der Waals surface area contributed by atoms with Gasteiger partial charge in [-0.25, -0.2) is 0 Å². The van der Waals surface area contributed by atoms with Crippen LogP contribution in [0.25, 0.3) is 0 Å². The summed E-state index contributed by atoms with van der Waals surface area (Å²) in [6, 6.07) is 6.39. The van der Waals surface area contributed by atoms with Gasteiger partial charge in [0, 0.05) is 29.7 Å². The predicted molar refractivity (Wildman–Crippen MR) is 80.0 cm³/mol. The molecule has 5 nitrogen and oxygen atoms in total. The fourth-order valence-corrected chi connectivity index (χ4v) is 2.75. The summed E-state index contributed by atoms with van der Waals surface area (Å²) >= 11 is 0. The van der Waals surface area contributed by atoms with E-state index >= 15 is 0 Å². The Balaban J connectivity index is 2.05. The topological polar surface area (TPSA) is 81.4 Å². The number of benzene rings is 1. The highest BCUT2D eigenvalue weighted by Crippen LogP contribution is 2.51. The third kappa shape index (κ3) is 2.53. The van der Waals surface area contributed by atoms with Gasteiger partial charge in [-0.2, -0.15) is 0 Å². The number of methoxy groups -OCH3 is 1. The van der Waals surface area contributed by atoms with Crippen LogP contribution in [0.15, 0.2) is 24.3 Å². The average molecular weight is 290 g/mol. The van der Waals surface area contributed by atoms with Gasteiger partial charge in [-0.15, -0.1) is 0 Å². The molecule has 2 atom stereocenters. The van der Waals surface area contributed by atoms with E-state index in [2.05, 4.69) is 26.1 Å². The molecule has 1 aliphatic carbocycles. The highest BCUT2D eigenvalue weighted by Gasteiger charge is 2.58. The summed E-state index contributed by atoms with van der Waals surface area (Å²) in [5.41, 5.74) is 5.73. The van der Waals surface area contributed by atoms with Crippen LogP contribution in [0.1, 0.15) is 47.9 Å². The van der Waals surface area contributed by atoms with Crippen molar-refractivity contribution >= 4 is 11.8 Å². The van der Waals surface area contributed by atoms with Crippen LogP contribution >= 0.6 is 0 Å². The lowest BCUT2D eigenvalue weighted by Crippen LogP contribution is -2.68. The molecule has 0 bridgehead atoms. The fraction of sp³-hybridized carbons (Fsp3) is 0.500. The van der Waals surface area contributed by atoms with Crippen molar-refractivity contribution in [3.05, 3.63) is 35.4 Å². The lowest BCUT2D eigenvalue weighted by Gasteiger charge is -2.59. The quantitative estimate of drug-likeness (QED) is 0.886. The molecule has 1 aromatic rings. The van der Waals surface area contributed by atoms with E-state index in [1.165, 1.54) is 0 Å². The van der Waals surface area contributed by atoms with E-state index in [0.717, 1.165) is 6.42 Å². The van der Waals surface area contributed by atoms with Crippen LogP contribution in [-0.2, 0) is 4.74 Å². The molecule has 0 unspecified atom stereocenters. The van der Waals surface area contributed by atoms with Gasteiger partial charge in [-0.3, -0.25) is 9.59 Å². The van der Waals surface area contributed by atoms with Crippen molar-refractivity contribution in [1.82, 2.24) is 5.32 Å². The number of rotatable bonds is 4. The number of nitrogens with one attached hydrogen (secondary N) is 1. The van der Waals surface area contributed by atoms with E-state index in [9.17, 15) is 9.59 Å². The van der Waals surface area contributed by atoms with Gasteiger partial charge in [-0.1, -0.05) is 13.8 Å².